The van der Waals surface area contributed by atoms with Crippen LogP contribution in [0.2, 0.25) is 5.28 Å². The molecule has 107 valence electrons. The van der Waals surface area contributed by atoms with E-state index in [1.807, 2.05) is 0 Å². The van der Waals surface area contributed by atoms with Gasteiger partial charge in [0.25, 0.3) is 0 Å². The molecule has 0 amide bonds. The molecule has 0 aliphatic rings. The van der Waals surface area contributed by atoms with Crippen LogP contribution in [0.4, 0.5) is 0 Å². The van der Waals surface area contributed by atoms with Crippen LogP contribution in [0.25, 0.3) is 0 Å². The molecule has 0 bridgehead atoms. The normalized spacial score (nSPS) is 10.9. The minimum absolute atomic E-state index is 1.37. The molecule has 0 unspecified atom stereocenters. The molecule has 0 spiro atoms. The number of rotatable bonds is 15. The molecule has 18 heavy (non-hydrogen) atoms. The summed E-state index contributed by atoms with van der Waals surface area (Å²) in [5, 5.41) is 1.40. The van der Waals surface area contributed by atoms with Gasteiger partial charge in [0.15, 0.2) is 16.3 Å². The molecule has 0 aromatic rings. The Hall–Kier alpha value is 0.532. The summed E-state index contributed by atoms with van der Waals surface area (Å²) < 4.78 is 0. The molecule has 0 aromatic heterocycles. The highest BCUT2D eigenvalue weighted by molar-refractivity contribution is 6.08. The monoisotopic (exact) mass is 267 g/mol. The van der Waals surface area contributed by atoms with Crippen molar-refractivity contribution in [3.63, 3.8) is 0 Å². The first-order valence-electron chi connectivity index (χ1n) is 8.71. The SMILES string of the molecule is CCCCCCCCCCCCCCCC[CH2][AlH]. The summed E-state index contributed by atoms with van der Waals surface area (Å²) in [5.41, 5.74) is 0. The summed E-state index contributed by atoms with van der Waals surface area (Å²) in [7, 11) is 0. The largest absolute Gasteiger partial charge is 0.173 e. The van der Waals surface area contributed by atoms with E-state index in [-0.39, 0.29) is 0 Å². The van der Waals surface area contributed by atoms with E-state index in [1.54, 1.807) is 0 Å². The molecule has 1 heteroatoms. The predicted molar refractivity (Wildman–Crippen MR) is 86.9 cm³/mol. The van der Waals surface area contributed by atoms with E-state index in [1.165, 1.54) is 102 Å². The fourth-order valence-corrected chi connectivity index (χ4v) is 2.90. The first-order chi connectivity index (χ1) is 8.91. The zero-order valence-corrected chi connectivity index (χ0v) is 14.4. The van der Waals surface area contributed by atoms with Crippen molar-refractivity contribution >= 4 is 16.3 Å². The Bertz CT molecular complexity index is 118. The molecule has 0 aliphatic heterocycles. The van der Waals surface area contributed by atoms with Crippen LogP contribution in [0, 0.1) is 0 Å². The molecule has 0 rings (SSSR count). The molecule has 0 saturated heterocycles. The third-order valence-electron chi connectivity index (χ3n) is 3.85. The lowest BCUT2D eigenvalue weighted by Crippen LogP contribution is -1.83. The quantitative estimate of drug-likeness (QED) is 0.245. The van der Waals surface area contributed by atoms with Crippen LogP contribution >= 0.6 is 0 Å². The molecule has 0 saturated carbocycles. The van der Waals surface area contributed by atoms with Crippen molar-refractivity contribution < 1.29 is 0 Å². The topological polar surface area (TPSA) is 0 Å². The van der Waals surface area contributed by atoms with E-state index in [2.05, 4.69) is 23.2 Å². The molecular weight excluding hydrogens is 231 g/mol. The van der Waals surface area contributed by atoms with Crippen LogP contribution in [0.5, 0.6) is 0 Å². The average molecular weight is 267 g/mol. The van der Waals surface area contributed by atoms with Crippen molar-refractivity contribution in [1.82, 2.24) is 0 Å². The molecule has 0 aromatic carbocycles. The van der Waals surface area contributed by atoms with Gasteiger partial charge < -0.3 is 0 Å². The van der Waals surface area contributed by atoms with E-state index in [4.69, 9.17) is 0 Å². The second-order valence-corrected chi connectivity index (χ2v) is 6.51. The van der Waals surface area contributed by atoms with Gasteiger partial charge in [-0.05, 0) is 0 Å². The van der Waals surface area contributed by atoms with E-state index in [9.17, 15) is 0 Å². The van der Waals surface area contributed by atoms with Crippen molar-refractivity contribution in [2.75, 3.05) is 0 Å². The lowest BCUT2D eigenvalue weighted by atomic mass is 10.0. The smallest absolute Gasteiger partial charge is 0.109 e. The maximum Gasteiger partial charge on any atom is 0.173 e. The molecule has 0 aliphatic carbocycles. The average Bonchev–Trinajstić information content (AvgIpc) is 2.39. The Labute approximate surface area is 125 Å². The van der Waals surface area contributed by atoms with Crippen LogP contribution in [0.15, 0.2) is 0 Å². The second-order valence-electron chi connectivity index (χ2n) is 5.80. The summed E-state index contributed by atoms with van der Waals surface area (Å²) in [5.74, 6) is 0. The van der Waals surface area contributed by atoms with Gasteiger partial charge >= 0.3 is 0 Å². The zero-order valence-electron chi connectivity index (χ0n) is 13.0. The van der Waals surface area contributed by atoms with Crippen molar-refractivity contribution in [3.05, 3.63) is 0 Å². The highest BCUT2D eigenvalue weighted by Gasteiger charge is 1.93. The molecule has 0 heterocycles. The Morgan fingerprint density at radius 2 is 0.722 bits per heavy atom. The molecular formula is C17H36Al. The van der Waals surface area contributed by atoms with Crippen molar-refractivity contribution in [2.24, 2.45) is 0 Å². The highest BCUT2D eigenvalue weighted by Crippen LogP contribution is 2.13. The summed E-state index contributed by atoms with van der Waals surface area (Å²) >= 11 is 2.12. The maximum absolute atomic E-state index is 2.29. The van der Waals surface area contributed by atoms with E-state index in [0.717, 1.165) is 0 Å². The molecule has 1 radical (unpaired) electrons. The van der Waals surface area contributed by atoms with Gasteiger partial charge in [-0.1, -0.05) is 103 Å². The van der Waals surface area contributed by atoms with Crippen LogP contribution in [0.3, 0.4) is 0 Å². The summed E-state index contributed by atoms with van der Waals surface area (Å²) in [6.45, 7) is 2.29. The van der Waals surface area contributed by atoms with E-state index < -0.39 is 0 Å². The van der Waals surface area contributed by atoms with Gasteiger partial charge in [0.1, 0.15) is 0 Å². The Morgan fingerprint density at radius 1 is 0.444 bits per heavy atom. The highest BCUT2D eigenvalue weighted by atomic mass is 27.0. The summed E-state index contributed by atoms with van der Waals surface area (Å²) in [6, 6.07) is 0. The summed E-state index contributed by atoms with van der Waals surface area (Å²) in [6.07, 6.45) is 22.1. The molecule has 0 atom stereocenters. The minimum Gasteiger partial charge on any atom is -0.109 e. The number of hydrogen-bond acceptors (Lipinski definition) is 0. The maximum atomic E-state index is 2.29. The van der Waals surface area contributed by atoms with Crippen LogP contribution < -0.4 is 0 Å². The van der Waals surface area contributed by atoms with Gasteiger partial charge in [-0.2, -0.15) is 0 Å². The first-order valence-corrected chi connectivity index (χ1v) is 9.71. The van der Waals surface area contributed by atoms with Crippen LogP contribution in [0.1, 0.15) is 103 Å². The van der Waals surface area contributed by atoms with Crippen molar-refractivity contribution in [2.45, 2.75) is 109 Å². The third-order valence-corrected chi connectivity index (χ3v) is 4.35. The molecule has 0 nitrogen and oxygen atoms in total. The van der Waals surface area contributed by atoms with Gasteiger partial charge in [-0.3, -0.25) is 0 Å². The van der Waals surface area contributed by atoms with Crippen LogP contribution in [-0.2, 0) is 0 Å². The van der Waals surface area contributed by atoms with Gasteiger partial charge in [0, 0.05) is 0 Å². The van der Waals surface area contributed by atoms with Gasteiger partial charge in [-0.25, -0.2) is 0 Å². The fourth-order valence-electron chi connectivity index (χ4n) is 2.55. The Morgan fingerprint density at radius 3 is 1.00 bits per heavy atom. The predicted octanol–water partition coefficient (Wildman–Crippen LogP) is 6.18. The van der Waals surface area contributed by atoms with Crippen molar-refractivity contribution in [1.29, 1.82) is 0 Å². The Kier molecular flexibility index (Phi) is 18.1. The van der Waals surface area contributed by atoms with Crippen molar-refractivity contribution in [3.8, 4) is 0 Å². The lowest BCUT2D eigenvalue weighted by molar-refractivity contribution is 0.534. The van der Waals surface area contributed by atoms with E-state index in [0.29, 0.717) is 0 Å². The standard InChI is InChI=1S/C17H35.Al.H/c1-3-5-7-9-11-13-15-17-16-14-12-10-8-6-4-2;;/h1,3-17H2,2H3;;. The fraction of sp³-hybridized carbons (Fsp3) is 1.00. The number of hydrogen-bond donors (Lipinski definition) is 0. The molecule has 0 fully saturated rings. The lowest BCUT2D eigenvalue weighted by Gasteiger charge is -2.03. The molecule has 0 N–H and O–H groups in total. The third kappa shape index (κ3) is 16.5. The minimum atomic E-state index is 1.37. The van der Waals surface area contributed by atoms with Gasteiger partial charge in [0.2, 0.25) is 0 Å². The summed E-state index contributed by atoms with van der Waals surface area (Å²) in [4.78, 5) is 0. The van der Waals surface area contributed by atoms with E-state index >= 15 is 0 Å². The Balaban J connectivity index is 2.86. The number of unbranched alkanes of at least 4 members (excludes halogenated alkanes) is 14. The zero-order chi connectivity index (χ0) is 13.3. The second kappa shape index (κ2) is 17.5. The van der Waals surface area contributed by atoms with Gasteiger partial charge in [0.05, 0.1) is 0 Å². The first kappa shape index (κ1) is 18.5. The van der Waals surface area contributed by atoms with Gasteiger partial charge in [-0.15, -0.1) is 5.28 Å². The van der Waals surface area contributed by atoms with Crippen LogP contribution in [-0.4, -0.2) is 16.3 Å².